The second kappa shape index (κ2) is 6.89. The standard InChI is InChI=1S/C20H24N3O/c1-21(2)17-11-8-16(9-12-17)10-13-20-22(3)18-6-4-5-7-19(18)23(20)14-15-24/h4-13,24H,14-15H2,1-3H3/q+1. The second-order valence-corrected chi connectivity index (χ2v) is 6.10. The van der Waals surface area contributed by atoms with Gasteiger partial charge in [0.1, 0.15) is 6.54 Å². The zero-order chi connectivity index (χ0) is 17.1. The van der Waals surface area contributed by atoms with Gasteiger partial charge in [-0.3, -0.25) is 0 Å². The number of aliphatic hydroxyl groups is 1. The van der Waals surface area contributed by atoms with Gasteiger partial charge >= 0.3 is 0 Å². The minimum atomic E-state index is 0.122. The molecule has 2 aromatic carbocycles. The van der Waals surface area contributed by atoms with Gasteiger partial charge in [-0.25, -0.2) is 9.13 Å². The molecular weight excluding hydrogens is 298 g/mol. The molecule has 3 aromatic rings. The minimum Gasteiger partial charge on any atom is -0.392 e. The Labute approximate surface area is 142 Å². The molecule has 0 fully saturated rings. The fourth-order valence-corrected chi connectivity index (χ4v) is 3.00. The Kier molecular flexibility index (Phi) is 4.67. The van der Waals surface area contributed by atoms with E-state index in [-0.39, 0.29) is 6.61 Å². The Morgan fingerprint density at radius 1 is 1.04 bits per heavy atom. The number of fused-ring (bicyclic) bond motifs is 1. The third-order valence-electron chi connectivity index (χ3n) is 4.31. The second-order valence-electron chi connectivity index (χ2n) is 6.10. The molecule has 0 saturated carbocycles. The summed E-state index contributed by atoms with van der Waals surface area (Å²) >= 11 is 0. The highest BCUT2D eigenvalue weighted by molar-refractivity contribution is 5.76. The minimum absolute atomic E-state index is 0.122. The number of imidazole rings is 1. The molecule has 0 unspecified atom stereocenters. The van der Waals surface area contributed by atoms with Crippen LogP contribution >= 0.6 is 0 Å². The highest BCUT2D eigenvalue weighted by Crippen LogP contribution is 2.17. The molecule has 24 heavy (non-hydrogen) atoms. The monoisotopic (exact) mass is 322 g/mol. The summed E-state index contributed by atoms with van der Waals surface area (Å²) < 4.78 is 4.32. The van der Waals surface area contributed by atoms with E-state index in [0.29, 0.717) is 6.54 Å². The number of aromatic nitrogens is 2. The predicted molar refractivity (Wildman–Crippen MR) is 99.9 cm³/mol. The first-order valence-electron chi connectivity index (χ1n) is 8.15. The highest BCUT2D eigenvalue weighted by atomic mass is 16.3. The van der Waals surface area contributed by atoms with Crippen molar-refractivity contribution in [2.24, 2.45) is 7.05 Å². The molecule has 4 heteroatoms. The van der Waals surface area contributed by atoms with Gasteiger partial charge in [-0.15, -0.1) is 0 Å². The van der Waals surface area contributed by atoms with E-state index >= 15 is 0 Å². The van der Waals surface area contributed by atoms with Crippen molar-refractivity contribution in [3.8, 4) is 0 Å². The molecule has 0 aliphatic carbocycles. The topological polar surface area (TPSA) is 32.3 Å². The predicted octanol–water partition coefficient (Wildman–Crippen LogP) is 2.69. The summed E-state index contributed by atoms with van der Waals surface area (Å²) in [4.78, 5) is 2.09. The zero-order valence-electron chi connectivity index (χ0n) is 14.5. The highest BCUT2D eigenvalue weighted by Gasteiger charge is 2.19. The number of rotatable bonds is 5. The number of aliphatic hydroxyl groups excluding tert-OH is 1. The molecule has 0 saturated heterocycles. The van der Waals surface area contributed by atoms with Crippen molar-refractivity contribution >= 4 is 28.9 Å². The van der Waals surface area contributed by atoms with Gasteiger partial charge in [0.05, 0.1) is 13.7 Å². The summed E-state index contributed by atoms with van der Waals surface area (Å²) in [7, 11) is 6.14. The van der Waals surface area contributed by atoms with E-state index in [9.17, 15) is 5.11 Å². The molecule has 1 N–H and O–H groups in total. The normalized spacial score (nSPS) is 11.5. The van der Waals surface area contributed by atoms with Crippen LogP contribution in [0.25, 0.3) is 23.2 Å². The number of aryl methyl sites for hydroxylation is 1. The van der Waals surface area contributed by atoms with Crippen LogP contribution in [0, 0.1) is 0 Å². The number of hydrogen-bond donors (Lipinski definition) is 1. The van der Waals surface area contributed by atoms with Crippen molar-refractivity contribution in [3.05, 3.63) is 59.9 Å². The fourth-order valence-electron chi connectivity index (χ4n) is 3.00. The van der Waals surface area contributed by atoms with E-state index in [1.807, 2.05) is 26.2 Å². The summed E-state index contributed by atoms with van der Waals surface area (Å²) in [6.07, 6.45) is 4.22. The average Bonchev–Trinajstić information content (AvgIpc) is 2.86. The maximum Gasteiger partial charge on any atom is 0.282 e. The van der Waals surface area contributed by atoms with Crippen LogP contribution in [0.1, 0.15) is 11.4 Å². The van der Waals surface area contributed by atoms with Crippen molar-refractivity contribution in [2.75, 3.05) is 25.6 Å². The molecule has 0 bridgehead atoms. The average molecular weight is 322 g/mol. The molecule has 1 heterocycles. The molecular formula is C20H24N3O+. The van der Waals surface area contributed by atoms with Crippen molar-refractivity contribution in [3.63, 3.8) is 0 Å². The molecule has 0 aliphatic heterocycles. The molecule has 0 amide bonds. The first-order valence-corrected chi connectivity index (χ1v) is 8.15. The smallest absolute Gasteiger partial charge is 0.282 e. The Morgan fingerprint density at radius 2 is 1.75 bits per heavy atom. The van der Waals surface area contributed by atoms with Gasteiger partial charge in [0.15, 0.2) is 11.0 Å². The lowest BCUT2D eigenvalue weighted by atomic mass is 10.2. The third kappa shape index (κ3) is 3.05. The molecule has 0 aliphatic rings. The van der Waals surface area contributed by atoms with Crippen LogP contribution in [0.3, 0.4) is 0 Å². The van der Waals surface area contributed by atoms with Crippen molar-refractivity contribution < 1.29 is 9.67 Å². The van der Waals surface area contributed by atoms with E-state index in [4.69, 9.17) is 0 Å². The molecule has 0 radical (unpaired) electrons. The lowest BCUT2D eigenvalue weighted by Crippen LogP contribution is -2.31. The Hall–Kier alpha value is -2.59. The lowest BCUT2D eigenvalue weighted by Gasteiger charge is -2.11. The van der Waals surface area contributed by atoms with Crippen LogP contribution in [0.15, 0.2) is 48.5 Å². The third-order valence-corrected chi connectivity index (χ3v) is 4.31. The van der Waals surface area contributed by atoms with E-state index in [0.717, 1.165) is 22.4 Å². The molecule has 1 aromatic heterocycles. The Bertz CT molecular complexity index is 860. The quantitative estimate of drug-likeness (QED) is 0.733. The molecule has 0 atom stereocenters. The van der Waals surface area contributed by atoms with Crippen LogP contribution in [0.4, 0.5) is 5.69 Å². The van der Waals surface area contributed by atoms with Crippen molar-refractivity contribution in [2.45, 2.75) is 6.54 Å². The molecule has 124 valence electrons. The number of benzene rings is 2. The first-order chi connectivity index (χ1) is 11.6. The molecule has 0 spiro atoms. The Balaban J connectivity index is 1.99. The maximum atomic E-state index is 9.42. The van der Waals surface area contributed by atoms with Crippen LogP contribution in [0.5, 0.6) is 0 Å². The van der Waals surface area contributed by atoms with Crippen molar-refractivity contribution in [1.82, 2.24) is 4.57 Å². The summed E-state index contributed by atoms with van der Waals surface area (Å²) in [6, 6.07) is 16.7. The SMILES string of the molecule is CN(C)c1ccc(/C=C/c2n(CCO)c3ccccc3[n+]2C)cc1. The van der Waals surface area contributed by atoms with Crippen molar-refractivity contribution in [1.29, 1.82) is 0 Å². The van der Waals surface area contributed by atoms with Crippen LogP contribution in [-0.4, -0.2) is 30.4 Å². The lowest BCUT2D eigenvalue weighted by molar-refractivity contribution is -0.647. The van der Waals surface area contributed by atoms with Gasteiger partial charge in [-0.05, 0) is 35.9 Å². The molecule has 4 nitrogen and oxygen atoms in total. The summed E-state index contributed by atoms with van der Waals surface area (Å²) in [6.45, 7) is 0.706. The van der Waals surface area contributed by atoms with Gasteiger partial charge < -0.3 is 10.0 Å². The largest absolute Gasteiger partial charge is 0.392 e. The summed E-state index contributed by atoms with van der Waals surface area (Å²) in [5.41, 5.74) is 4.64. The fraction of sp³-hybridized carbons (Fsp3) is 0.250. The summed E-state index contributed by atoms with van der Waals surface area (Å²) in [5.74, 6) is 1.07. The van der Waals surface area contributed by atoms with Gasteiger partial charge in [0.25, 0.3) is 5.82 Å². The zero-order valence-corrected chi connectivity index (χ0v) is 14.5. The van der Waals surface area contributed by atoms with Gasteiger partial charge in [0, 0.05) is 25.9 Å². The van der Waals surface area contributed by atoms with Crippen LogP contribution < -0.4 is 9.47 Å². The van der Waals surface area contributed by atoms with Crippen LogP contribution in [0.2, 0.25) is 0 Å². The van der Waals surface area contributed by atoms with Gasteiger partial charge in [-0.1, -0.05) is 24.3 Å². The number of nitrogens with zero attached hydrogens (tertiary/aromatic N) is 3. The van der Waals surface area contributed by atoms with Gasteiger partial charge in [-0.2, -0.15) is 0 Å². The Morgan fingerprint density at radius 3 is 2.42 bits per heavy atom. The van der Waals surface area contributed by atoms with Gasteiger partial charge in [0.2, 0.25) is 0 Å². The molecule has 3 rings (SSSR count). The number of hydrogen-bond acceptors (Lipinski definition) is 2. The van der Waals surface area contributed by atoms with E-state index in [1.54, 1.807) is 0 Å². The van der Waals surface area contributed by atoms with E-state index < -0.39 is 0 Å². The number of para-hydroxylation sites is 2. The van der Waals surface area contributed by atoms with E-state index in [2.05, 4.69) is 69.6 Å². The van der Waals surface area contributed by atoms with Crippen LogP contribution in [-0.2, 0) is 13.6 Å². The maximum absolute atomic E-state index is 9.42. The number of anilines is 1. The summed E-state index contributed by atoms with van der Waals surface area (Å²) in [5, 5.41) is 9.42. The first kappa shape index (κ1) is 16.3. The van der Waals surface area contributed by atoms with E-state index in [1.165, 1.54) is 5.69 Å².